The van der Waals surface area contributed by atoms with E-state index in [0.717, 1.165) is 32.1 Å². The molecule has 1 heterocycles. The van der Waals surface area contributed by atoms with E-state index in [9.17, 15) is 35.7 Å². The summed E-state index contributed by atoms with van der Waals surface area (Å²) in [6.45, 7) is 15.4. The molecule has 16 unspecified atom stereocenters. The van der Waals surface area contributed by atoms with Crippen molar-refractivity contribution >= 4 is 0 Å². The average Bonchev–Trinajstić information content (AvgIpc) is 3.30. The first-order valence-electron chi connectivity index (χ1n) is 17.6. The Bertz CT molecular complexity index is 1160. The summed E-state index contributed by atoms with van der Waals surface area (Å²) in [4.78, 5) is 0. The largest absolute Gasteiger partial charge is 0.396 e. The number of ether oxygens (including phenoxy) is 2. The van der Waals surface area contributed by atoms with Crippen LogP contribution in [0.1, 0.15) is 93.4 Å². The van der Waals surface area contributed by atoms with Gasteiger partial charge in [0.15, 0.2) is 6.29 Å². The van der Waals surface area contributed by atoms with Crippen molar-refractivity contribution < 1.29 is 45.2 Å². The van der Waals surface area contributed by atoms with Crippen LogP contribution in [0.25, 0.3) is 0 Å². The first-order valence-corrected chi connectivity index (χ1v) is 17.6. The van der Waals surface area contributed by atoms with E-state index in [1.807, 2.05) is 0 Å². The Hall–Kier alpha value is -0.620. The highest BCUT2D eigenvalue weighted by atomic mass is 16.7. The Morgan fingerprint density at radius 3 is 2.18 bits per heavy atom. The quantitative estimate of drug-likeness (QED) is 0.178. The van der Waals surface area contributed by atoms with Crippen LogP contribution in [0.3, 0.4) is 0 Å². The second kappa shape index (κ2) is 11.2. The minimum atomic E-state index is -1.49. The van der Waals surface area contributed by atoms with E-state index in [1.54, 1.807) is 0 Å². The summed E-state index contributed by atoms with van der Waals surface area (Å²) in [5, 5.41) is 75.9. The Kier molecular flexibility index (Phi) is 8.53. The molecule has 1 saturated heterocycles. The maximum atomic E-state index is 12.2. The number of aliphatic hydroxyl groups excluding tert-OH is 7. The molecule has 0 spiro atoms. The highest BCUT2D eigenvalue weighted by molar-refractivity contribution is 5.35. The average molecular weight is 637 g/mol. The van der Waals surface area contributed by atoms with Crippen molar-refractivity contribution in [3.05, 3.63) is 11.6 Å². The zero-order valence-electron chi connectivity index (χ0n) is 28.4. The molecule has 0 aromatic heterocycles. The lowest BCUT2D eigenvalue weighted by Gasteiger charge is -2.70. The molecule has 6 aliphatic rings. The van der Waals surface area contributed by atoms with E-state index in [-0.39, 0.29) is 58.0 Å². The highest BCUT2D eigenvalue weighted by Crippen LogP contribution is 2.76. The molecule has 4 saturated carbocycles. The van der Waals surface area contributed by atoms with Crippen LogP contribution in [0.2, 0.25) is 0 Å². The molecule has 5 aliphatic carbocycles. The summed E-state index contributed by atoms with van der Waals surface area (Å²) in [5.41, 5.74) is -0.0998. The highest BCUT2D eigenvalue weighted by Gasteiger charge is 2.72. The first kappa shape index (κ1) is 34.3. The summed E-state index contributed by atoms with van der Waals surface area (Å²) in [5.74, 6) is 0.643. The number of allylic oxidation sites excluding steroid dienone is 1. The van der Waals surface area contributed by atoms with E-state index >= 15 is 0 Å². The SMILES string of the molecule is CC(C)C1CC(O)C2C1(CO)CCC1(C)C3C(=CCC21C)C1(C)CCC(OC2OC(CO)C(O)C(O)C2O)C(C)(C)C1CC3O. The second-order valence-electron chi connectivity index (χ2n) is 17.7. The second-order valence-corrected chi connectivity index (χ2v) is 17.7. The Balaban J connectivity index is 1.31. The molecule has 0 radical (unpaired) electrons. The van der Waals surface area contributed by atoms with Crippen LogP contribution in [-0.4, -0.2) is 98.0 Å². The van der Waals surface area contributed by atoms with Crippen LogP contribution in [-0.2, 0) is 9.47 Å². The van der Waals surface area contributed by atoms with Crippen LogP contribution >= 0.6 is 0 Å². The topological polar surface area (TPSA) is 160 Å². The molecule has 258 valence electrons. The Labute approximate surface area is 269 Å². The molecule has 0 amide bonds. The normalized spacial score (nSPS) is 55.8. The summed E-state index contributed by atoms with van der Waals surface area (Å²) in [6, 6.07) is 0. The molecule has 7 N–H and O–H groups in total. The van der Waals surface area contributed by atoms with Gasteiger partial charge in [0.05, 0.1) is 24.9 Å². The first-order chi connectivity index (χ1) is 20.9. The minimum absolute atomic E-state index is 0.0317. The molecule has 6 rings (SSSR count). The van der Waals surface area contributed by atoms with Gasteiger partial charge in [-0.1, -0.05) is 60.1 Å². The van der Waals surface area contributed by atoms with Crippen LogP contribution < -0.4 is 0 Å². The number of fused-ring (bicyclic) bond motifs is 7. The summed E-state index contributed by atoms with van der Waals surface area (Å²) in [6.07, 6.45) is -0.181. The summed E-state index contributed by atoms with van der Waals surface area (Å²) < 4.78 is 12.1. The van der Waals surface area contributed by atoms with E-state index < -0.39 is 54.9 Å². The Morgan fingerprint density at radius 1 is 0.867 bits per heavy atom. The molecule has 1 aliphatic heterocycles. The van der Waals surface area contributed by atoms with Gasteiger partial charge in [0.25, 0.3) is 0 Å². The van der Waals surface area contributed by atoms with Gasteiger partial charge < -0.3 is 45.2 Å². The van der Waals surface area contributed by atoms with Crippen LogP contribution in [0.15, 0.2) is 11.6 Å². The van der Waals surface area contributed by atoms with Crippen molar-refractivity contribution in [2.24, 2.45) is 56.7 Å². The molecular weight excluding hydrogens is 576 g/mol. The number of hydrogen-bond donors (Lipinski definition) is 7. The van der Waals surface area contributed by atoms with Crippen LogP contribution in [0.4, 0.5) is 0 Å². The van der Waals surface area contributed by atoms with Gasteiger partial charge in [-0.3, -0.25) is 0 Å². The molecule has 45 heavy (non-hydrogen) atoms. The zero-order valence-corrected chi connectivity index (χ0v) is 28.4. The van der Waals surface area contributed by atoms with E-state index in [4.69, 9.17) is 9.47 Å². The fourth-order valence-corrected chi connectivity index (χ4v) is 12.8. The molecule has 9 heteroatoms. The van der Waals surface area contributed by atoms with E-state index in [2.05, 4.69) is 54.5 Å². The van der Waals surface area contributed by atoms with Gasteiger partial charge in [-0.2, -0.15) is 0 Å². The Morgan fingerprint density at radius 2 is 1.56 bits per heavy atom. The number of aliphatic hydroxyl groups is 7. The number of hydrogen-bond acceptors (Lipinski definition) is 9. The van der Waals surface area contributed by atoms with Crippen molar-refractivity contribution in [2.75, 3.05) is 13.2 Å². The van der Waals surface area contributed by atoms with Gasteiger partial charge in [-0.25, -0.2) is 0 Å². The monoisotopic (exact) mass is 636 g/mol. The third kappa shape index (κ3) is 4.51. The van der Waals surface area contributed by atoms with Gasteiger partial charge in [-0.15, -0.1) is 0 Å². The summed E-state index contributed by atoms with van der Waals surface area (Å²) >= 11 is 0. The predicted molar refractivity (Wildman–Crippen MR) is 167 cm³/mol. The molecular formula is C36H60O9. The maximum Gasteiger partial charge on any atom is 0.186 e. The van der Waals surface area contributed by atoms with Crippen LogP contribution in [0, 0.1) is 56.7 Å². The minimum Gasteiger partial charge on any atom is -0.396 e. The molecule has 0 bridgehead atoms. The van der Waals surface area contributed by atoms with Crippen molar-refractivity contribution in [1.29, 1.82) is 0 Å². The molecule has 9 nitrogen and oxygen atoms in total. The summed E-state index contributed by atoms with van der Waals surface area (Å²) in [7, 11) is 0. The van der Waals surface area contributed by atoms with Gasteiger partial charge in [-0.05, 0) is 90.3 Å². The van der Waals surface area contributed by atoms with E-state index in [1.165, 1.54) is 5.57 Å². The van der Waals surface area contributed by atoms with Gasteiger partial charge in [0.2, 0.25) is 0 Å². The number of rotatable bonds is 5. The van der Waals surface area contributed by atoms with Crippen molar-refractivity contribution in [2.45, 2.75) is 142 Å². The lowest BCUT2D eigenvalue weighted by atomic mass is 9.35. The smallest absolute Gasteiger partial charge is 0.186 e. The zero-order chi connectivity index (χ0) is 33.1. The fourth-order valence-electron chi connectivity index (χ4n) is 12.8. The third-order valence-electron chi connectivity index (χ3n) is 15.3. The third-order valence-corrected chi connectivity index (χ3v) is 15.3. The van der Waals surface area contributed by atoms with Crippen molar-refractivity contribution in [3.63, 3.8) is 0 Å². The lowest BCUT2D eigenvalue weighted by molar-refractivity contribution is -0.327. The van der Waals surface area contributed by atoms with E-state index in [0.29, 0.717) is 18.8 Å². The van der Waals surface area contributed by atoms with Gasteiger partial charge in [0, 0.05) is 17.9 Å². The molecule has 16 atom stereocenters. The maximum absolute atomic E-state index is 12.2. The van der Waals surface area contributed by atoms with Crippen molar-refractivity contribution in [3.8, 4) is 0 Å². The van der Waals surface area contributed by atoms with Crippen LogP contribution in [0.5, 0.6) is 0 Å². The predicted octanol–water partition coefficient (Wildman–Crippen LogP) is 2.76. The van der Waals surface area contributed by atoms with Gasteiger partial charge >= 0.3 is 0 Å². The van der Waals surface area contributed by atoms with Crippen molar-refractivity contribution in [1.82, 2.24) is 0 Å². The molecule has 0 aromatic carbocycles. The lowest BCUT2D eigenvalue weighted by Crippen LogP contribution is -2.67. The fraction of sp³-hybridized carbons (Fsp3) is 0.944. The van der Waals surface area contributed by atoms with Gasteiger partial charge in [0.1, 0.15) is 24.4 Å². The molecule has 0 aromatic rings. The standard InChI is InChI=1S/C36H60O9/c1-18(2)20-14-22(40)30-35(7)11-8-19-26(34(35,6)12-13-36(20,30)17-38)21(39)15-24-32(3,4)25(9-10-33(19,24)5)45-31-29(43)28(42)27(41)23(16-37)44-31/h8,18,20-31,37-43H,9-17H2,1-7H3. The molecule has 5 fully saturated rings.